The summed E-state index contributed by atoms with van der Waals surface area (Å²) < 4.78 is 1.87. The predicted molar refractivity (Wildman–Crippen MR) is 111 cm³/mol. The summed E-state index contributed by atoms with van der Waals surface area (Å²) in [5.74, 6) is 1.61. The fourth-order valence-corrected chi connectivity index (χ4v) is 3.63. The zero-order chi connectivity index (χ0) is 18.9. The molecule has 1 aliphatic heterocycles. The molecule has 0 bridgehead atoms. The average molecular weight is 369 g/mol. The molecule has 1 unspecified atom stereocenters. The molecule has 146 valence electrons. The molecule has 2 aromatic rings. The van der Waals surface area contributed by atoms with Gasteiger partial charge in [0.1, 0.15) is 0 Å². The van der Waals surface area contributed by atoms with Crippen LogP contribution in [0.2, 0.25) is 0 Å². The Balaban J connectivity index is 1.39. The van der Waals surface area contributed by atoms with Gasteiger partial charge >= 0.3 is 0 Å². The van der Waals surface area contributed by atoms with E-state index in [1.54, 1.807) is 6.20 Å². The lowest BCUT2D eigenvalue weighted by molar-refractivity contribution is 0.183. The van der Waals surface area contributed by atoms with Gasteiger partial charge in [0, 0.05) is 39.1 Å². The number of nitrogens with zero attached hydrogens (tertiary/aromatic N) is 4. The van der Waals surface area contributed by atoms with Crippen LogP contribution in [-0.2, 0) is 6.42 Å². The highest BCUT2D eigenvalue weighted by molar-refractivity contribution is 5.79. The minimum atomic E-state index is 0.715. The van der Waals surface area contributed by atoms with Crippen LogP contribution in [0.25, 0.3) is 5.69 Å². The Bertz CT molecular complexity index is 692. The first-order chi connectivity index (χ1) is 13.3. The summed E-state index contributed by atoms with van der Waals surface area (Å²) in [5.41, 5.74) is 2.39. The molecule has 1 saturated heterocycles. The molecule has 6 nitrogen and oxygen atoms in total. The molecule has 1 aromatic heterocycles. The number of piperidine rings is 1. The fraction of sp³-hybridized carbons (Fsp3) is 0.524. The van der Waals surface area contributed by atoms with E-state index in [1.807, 2.05) is 24.0 Å². The van der Waals surface area contributed by atoms with Crippen LogP contribution in [0.4, 0.5) is 0 Å². The van der Waals surface area contributed by atoms with Crippen molar-refractivity contribution in [3.8, 4) is 5.69 Å². The van der Waals surface area contributed by atoms with Crippen molar-refractivity contribution in [1.82, 2.24) is 25.3 Å². The van der Waals surface area contributed by atoms with Crippen molar-refractivity contribution in [3.05, 3.63) is 48.3 Å². The molecule has 3 rings (SSSR count). The topological polar surface area (TPSA) is 57.5 Å². The van der Waals surface area contributed by atoms with Crippen molar-refractivity contribution in [3.63, 3.8) is 0 Å². The Labute approximate surface area is 162 Å². The number of guanidine groups is 1. The van der Waals surface area contributed by atoms with E-state index in [2.05, 4.69) is 56.8 Å². The zero-order valence-electron chi connectivity index (χ0n) is 16.6. The van der Waals surface area contributed by atoms with E-state index in [0.29, 0.717) is 5.92 Å². The van der Waals surface area contributed by atoms with Crippen LogP contribution >= 0.6 is 0 Å². The summed E-state index contributed by atoms with van der Waals surface area (Å²) >= 11 is 0. The Morgan fingerprint density at radius 1 is 1.26 bits per heavy atom. The highest BCUT2D eigenvalue weighted by Gasteiger charge is 2.18. The van der Waals surface area contributed by atoms with E-state index in [-0.39, 0.29) is 0 Å². The molecule has 1 aliphatic rings. The quantitative estimate of drug-likeness (QED) is 0.582. The van der Waals surface area contributed by atoms with Gasteiger partial charge in [0.05, 0.1) is 5.69 Å². The standard InChI is InChI=1S/C21H32N6/c1-3-26-14-4-6-19(17-26)16-24-21(22-2)23-13-11-18-7-9-20(10-8-18)27-15-5-12-25-27/h5,7-10,12,15,19H,3-4,6,11,13-14,16-17H2,1-2H3,(H2,22,23,24). The number of nitrogens with one attached hydrogen (secondary N) is 2. The molecule has 0 aliphatic carbocycles. The first-order valence-corrected chi connectivity index (χ1v) is 10.0. The van der Waals surface area contributed by atoms with Crippen LogP contribution in [0.5, 0.6) is 0 Å². The predicted octanol–water partition coefficient (Wildman–Crippen LogP) is 2.31. The Kier molecular flexibility index (Phi) is 7.27. The van der Waals surface area contributed by atoms with Gasteiger partial charge in [-0.15, -0.1) is 0 Å². The minimum Gasteiger partial charge on any atom is -0.356 e. The SMILES string of the molecule is CCN1CCCC(CNC(=NC)NCCc2ccc(-n3cccn3)cc2)C1. The maximum Gasteiger partial charge on any atom is 0.190 e. The number of aliphatic imine (C=N–C) groups is 1. The third-order valence-corrected chi connectivity index (χ3v) is 5.24. The van der Waals surface area contributed by atoms with Crippen LogP contribution in [0, 0.1) is 5.92 Å². The molecule has 0 amide bonds. The molecule has 2 heterocycles. The summed E-state index contributed by atoms with van der Waals surface area (Å²) in [6.45, 7) is 7.71. The van der Waals surface area contributed by atoms with Gasteiger partial charge in [-0.2, -0.15) is 5.10 Å². The third kappa shape index (κ3) is 5.82. The summed E-state index contributed by atoms with van der Waals surface area (Å²) in [5, 5.41) is 11.2. The van der Waals surface area contributed by atoms with E-state index in [0.717, 1.165) is 37.7 Å². The molecule has 0 saturated carbocycles. The summed E-state index contributed by atoms with van der Waals surface area (Å²) in [7, 11) is 1.84. The Morgan fingerprint density at radius 2 is 2.11 bits per heavy atom. The van der Waals surface area contributed by atoms with Gasteiger partial charge in [0.2, 0.25) is 0 Å². The number of aromatic nitrogens is 2. The van der Waals surface area contributed by atoms with Crippen LogP contribution in [-0.4, -0.2) is 60.4 Å². The maximum atomic E-state index is 4.36. The lowest BCUT2D eigenvalue weighted by Crippen LogP contribution is -2.44. The molecular weight excluding hydrogens is 336 g/mol. The first-order valence-electron chi connectivity index (χ1n) is 10.0. The average Bonchev–Trinajstić information content (AvgIpc) is 3.26. The van der Waals surface area contributed by atoms with Crippen LogP contribution in [0.3, 0.4) is 0 Å². The van der Waals surface area contributed by atoms with E-state index in [9.17, 15) is 0 Å². The highest BCUT2D eigenvalue weighted by atomic mass is 15.3. The molecule has 6 heteroatoms. The van der Waals surface area contributed by atoms with E-state index >= 15 is 0 Å². The number of hydrogen-bond donors (Lipinski definition) is 2. The normalized spacial score (nSPS) is 18.4. The van der Waals surface area contributed by atoms with Gasteiger partial charge in [-0.05, 0) is 62.0 Å². The summed E-state index contributed by atoms with van der Waals surface area (Å²) in [4.78, 5) is 6.90. The second-order valence-corrected chi connectivity index (χ2v) is 7.15. The zero-order valence-corrected chi connectivity index (χ0v) is 16.6. The van der Waals surface area contributed by atoms with Crippen molar-refractivity contribution in [2.24, 2.45) is 10.9 Å². The van der Waals surface area contributed by atoms with Gasteiger partial charge in [-0.25, -0.2) is 4.68 Å². The molecule has 27 heavy (non-hydrogen) atoms. The number of rotatable bonds is 7. The molecule has 1 atom stereocenters. The van der Waals surface area contributed by atoms with Gasteiger partial charge < -0.3 is 15.5 Å². The molecule has 0 spiro atoms. The van der Waals surface area contributed by atoms with Crippen molar-refractivity contribution in [1.29, 1.82) is 0 Å². The van der Waals surface area contributed by atoms with E-state index < -0.39 is 0 Å². The molecular formula is C21H32N6. The lowest BCUT2D eigenvalue weighted by Gasteiger charge is -2.32. The highest BCUT2D eigenvalue weighted by Crippen LogP contribution is 2.15. The molecule has 1 aromatic carbocycles. The van der Waals surface area contributed by atoms with Gasteiger partial charge in [0.25, 0.3) is 0 Å². The number of hydrogen-bond acceptors (Lipinski definition) is 3. The second kappa shape index (κ2) is 10.1. The van der Waals surface area contributed by atoms with Crippen LogP contribution < -0.4 is 10.6 Å². The monoisotopic (exact) mass is 368 g/mol. The van der Waals surface area contributed by atoms with Crippen molar-refractivity contribution < 1.29 is 0 Å². The largest absolute Gasteiger partial charge is 0.356 e. The van der Waals surface area contributed by atoms with Crippen molar-refractivity contribution in [2.75, 3.05) is 39.8 Å². The summed E-state index contributed by atoms with van der Waals surface area (Å²) in [6, 6.07) is 10.5. The van der Waals surface area contributed by atoms with Crippen molar-refractivity contribution >= 4 is 5.96 Å². The Hall–Kier alpha value is -2.34. The van der Waals surface area contributed by atoms with Gasteiger partial charge in [0.15, 0.2) is 5.96 Å². The van der Waals surface area contributed by atoms with Gasteiger partial charge in [-0.1, -0.05) is 19.1 Å². The number of benzene rings is 1. The third-order valence-electron chi connectivity index (χ3n) is 5.24. The van der Waals surface area contributed by atoms with Crippen molar-refractivity contribution in [2.45, 2.75) is 26.2 Å². The minimum absolute atomic E-state index is 0.715. The van der Waals surface area contributed by atoms with Gasteiger partial charge in [-0.3, -0.25) is 4.99 Å². The summed E-state index contributed by atoms with van der Waals surface area (Å²) in [6.07, 6.45) is 7.33. The smallest absolute Gasteiger partial charge is 0.190 e. The lowest BCUT2D eigenvalue weighted by atomic mass is 9.98. The van der Waals surface area contributed by atoms with Crippen LogP contribution in [0.15, 0.2) is 47.7 Å². The Morgan fingerprint density at radius 3 is 2.81 bits per heavy atom. The maximum absolute atomic E-state index is 4.36. The van der Waals surface area contributed by atoms with E-state index in [4.69, 9.17) is 0 Å². The molecule has 2 N–H and O–H groups in total. The second-order valence-electron chi connectivity index (χ2n) is 7.15. The number of likely N-dealkylation sites (tertiary alicyclic amines) is 1. The molecule has 1 fully saturated rings. The van der Waals surface area contributed by atoms with E-state index in [1.165, 1.54) is 31.5 Å². The van der Waals surface area contributed by atoms with Crippen LogP contribution in [0.1, 0.15) is 25.3 Å². The fourth-order valence-electron chi connectivity index (χ4n) is 3.63. The first kappa shape index (κ1) is 19.4. The molecule has 0 radical (unpaired) electrons.